The maximum atomic E-state index is 12.1. The number of thiazole rings is 1. The first-order valence-electron chi connectivity index (χ1n) is 8.37. The molecular formula is C18H19N3O5S. The van der Waals surface area contributed by atoms with Crippen molar-refractivity contribution in [2.24, 2.45) is 5.92 Å². The number of aryl methyl sites for hydroxylation is 1. The maximum Gasteiger partial charge on any atom is 0.313 e. The molecule has 0 spiro atoms. The van der Waals surface area contributed by atoms with Crippen LogP contribution in [0, 0.1) is 12.8 Å². The third-order valence-electron chi connectivity index (χ3n) is 3.88. The molecule has 1 aliphatic heterocycles. The van der Waals surface area contributed by atoms with Gasteiger partial charge in [-0.1, -0.05) is 18.2 Å². The van der Waals surface area contributed by atoms with Crippen LogP contribution in [0.3, 0.4) is 0 Å². The molecule has 2 amide bonds. The number of hydrogen-bond acceptors (Lipinski definition) is 7. The molecule has 0 saturated carbocycles. The largest absolute Gasteiger partial charge is 0.492 e. The van der Waals surface area contributed by atoms with E-state index >= 15 is 0 Å². The molecule has 1 aromatic carbocycles. The summed E-state index contributed by atoms with van der Waals surface area (Å²) in [5, 5.41) is 2.50. The SMILES string of the molecule is Cc1csc(CC(=O)NNC(=O)COC(=O)[C@@H]2COc3ccccc3C2)n1. The summed E-state index contributed by atoms with van der Waals surface area (Å²) in [5.41, 5.74) is 6.25. The molecule has 1 aliphatic rings. The summed E-state index contributed by atoms with van der Waals surface area (Å²) in [7, 11) is 0. The normalized spacial score (nSPS) is 15.2. The highest BCUT2D eigenvalue weighted by molar-refractivity contribution is 7.09. The van der Waals surface area contributed by atoms with Crippen LogP contribution in [0.4, 0.5) is 0 Å². The number of carbonyl (C=O) groups excluding carboxylic acids is 3. The average Bonchev–Trinajstić information content (AvgIpc) is 3.08. The molecule has 8 nitrogen and oxygen atoms in total. The zero-order valence-electron chi connectivity index (χ0n) is 14.7. The Labute approximate surface area is 159 Å². The zero-order chi connectivity index (χ0) is 19.2. The van der Waals surface area contributed by atoms with Gasteiger partial charge in [-0.2, -0.15) is 0 Å². The molecule has 1 aromatic heterocycles. The first-order valence-corrected chi connectivity index (χ1v) is 9.25. The van der Waals surface area contributed by atoms with Gasteiger partial charge < -0.3 is 9.47 Å². The minimum Gasteiger partial charge on any atom is -0.492 e. The van der Waals surface area contributed by atoms with Gasteiger partial charge in [-0.3, -0.25) is 25.2 Å². The van der Waals surface area contributed by atoms with Gasteiger partial charge in [-0.15, -0.1) is 11.3 Å². The van der Waals surface area contributed by atoms with Crippen LogP contribution in [0.15, 0.2) is 29.6 Å². The number of hydrogen-bond donors (Lipinski definition) is 2. The minimum absolute atomic E-state index is 0.0669. The van der Waals surface area contributed by atoms with E-state index in [0.717, 1.165) is 17.0 Å². The lowest BCUT2D eigenvalue weighted by atomic mass is 9.97. The number of para-hydroxylation sites is 1. The molecule has 0 saturated heterocycles. The van der Waals surface area contributed by atoms with Crippen LogP contribution in [-0.4, -0.2) is 36.0 Å². The van der Waals surface area contributed by atoms with Gasteiger partial charge in [0.05, 0.1) is 12.3 Å². The molecule has 27 heavy (non-hydrogen) atoms. The lowest BCUT2D eigenvalue weighted by Gasteiger charge is -2.23. The van der Waals surface area contributed by atoms with Gasteiger partial charge in [-0.05, 0) is 25.0 Å². The summed E-state index contributed by atoms with van der Waals surface area (Å²) in [6.45, 7) is 1.57. The van der Waals surface area contributed by atoms with Crippen molar-refractivity contribution in [2.45, 2.75) is 19.8 Å². The van der Waals surface area contributed by atoms with Crippen LogP contribution in [0.2, 0.25) is 0 Å². The number of nitrogens with zero attached hydrogens (tertiary/aromatic N) is 1. The topological polar surface area (TPSA) is 107 Å². The number of nitrogens with one attached hydrogen (secondary N) is 2. The Morgan fingerprint density at radius 1 is 1.26 bits per heavy atom. The zero-order valence-corrected chi connectivity index (χ0v) is 15.5. The minimum atomic E-state index is -0.621. The molecule has 0 unspecified atom stereocenters. The van der Waals surface area contributed by atoms with E-state index in [1.807, 2.05) is 36.6 Å². The maximum absolute atomic E-state index is 12.1. The van der Waals surface area contributed by atoms with Gasteiger partial charge in [0, 0.05) is 11.1 Å². The second kappa shape index (κ2) is 8.63. The summed E-state index contributed by atoms with van der Waals surface area (Å²) < 4.78 is 10.6. The highest BCUT2D eigenvalue weighted by atomic mass is 32.1. The summed E-state index contributed by atoms with van der Waals surface area (Å²) in [6.07, 6.45) is 0.567. The smallest absolute Gasteiger partial charge is 0.313 e. The Balaban J connectivity index is 1.37. The van der Waals surface area contributed by atoms with Crippen LogP contribution >= 0.6 is 11.3 Å². The van der Waals surface area contributed by atoms with Gasteiger partial charge in [0.1, 0.15) is 17.4 Å². The molecule has 142 valence electrons. The fourth-order valence-electron chi connectivity index (χ4n) is 2.57. The number of fused-ring (bicyclic) bond motifs is 1. The Kier molecular flexibility index (Phi) is 6.02. The molecule has 2 N–H and O–H groups in total. The fraction of sp³-hybridized carbons (Fsp3) is 0.333. The van der Waals surface area contributed by atoms with E-state index in [9.17, 15) is 14.4 Å². The van der Waals surface area contributed by atoms with Gasteiger partial charge in [0.2, 0.25) is 5.91 Å². The summed E-state index contributed by atoms with van der Waals surface area (Å²) >= 11 is 1.37. The van der Waals surface area contributed by atoms with Gasteiger partial charge in [0.25, 0.3) is 5.91 Å². The molecule has 0 radical (unpaired) electrons. The van der Waals surface area contributed by atoms with Crippen molar-refractivity contribution in [3.8, 4) is 5.75 Å². The third-order valence-corrected chi connectivity index (χ3v) is 4.84. The van der Waals surface area contributed by atoms with E-state index in [4.69, 9.17) is 9.47 Å². The molecule has 0 bridgehead atoms. The second-order valence-corrected chi connectivity index (χ2v) is 7.03. The molecule has 2 aromatic rings. The van der Waals surface area contributed by atoms with E-state index in [0.29, 0.717) is 11.4 Å². The predicted molar refractivity (Wildman–Crippen MR) is 96.9 cm³/mol. The molecule has 3 rings (SSSR count). The van der Waals surface area contributed by atoms with Crippen LogP contribution in [-0.2, 0) is 32.0 Å². The Bertz CT molecular complexity index is 851. The van der Waals surface area contributed by atoms with Crippen molar-refractivity contribution in [2.75, 3.05) is 13.2 Å². The average molecular weight is 389 g/mol. The fourth-order valence-corrected chi connectivity index (χ4v) is 3.35. The highest BCUT2D eigenvalue weighted by Crippen LogP contribution is 2.27. The van der Waals surface area contributed by atoms with Crippen molar-refractivity contribution in [1.82, 2.24) is 15.8 Å². The second-order valence-electron chi connectivity index (χ2n) is 6.08. The molecule has 2 heterocycles. The van der Waals surface area contributed by atoms with E-state index in [1.165, 1.54) is 11.3 Å². The van der Waals surface area contributed by atoms with Crippen molar-refractivity contribution < 1.29 is 23.9 Å². The number of ether oxygens (including phenoxy) is 2. The number of aromatic nitrogens is 1. The monoisotopic (exact) mass is 389 g/mol. The number of esters is 1. The lowest BCUT2D eigenvalue weighted by Crippen LogP contribution is -2.44. The van der Waals surface area contributed by atoms with E-state index in [1.54, 1.807) is 0 Å². The molecular weight excluding hydrogens is 370 g/mol. The van der Waals surface area contributed by atoms with Crippen LogP contribution in [0.25, 0.3) is 0 Å². The lowest BCUT2D eigenvalue weighted by molar-refractivity contribution is -0.154. The van der Waals surface area contributed by atoms with Gasteiger partial charge in [0.15, 0.2) is 6.61 Å². The third kappa shape index (κ3) is 5.27. The molecule has 0 fully saturated rings. The molecule has 9 heteroatoms. The van der Waals surface area contributed by atoms with Crippen LogP contribution in [0.1, 0.15) is 16.3 Å². The quantitative estimate of drug-likeness (QED) is 0.582. The Morgan fingerprint density at radius 2 is 2.04 bits per heavy atom. The van der Waals surface area contributed by atoms with Crippen LogP contribution < -0.4 is 15.6 Å². The first-order chi connectivity index (χ1) is 13.0. The number of benzene rings is 1. The van der Waals surface area contributed by atoms with Crippen molar-refractivity contribution in [3.63, 3.8) is 0 Å². The standard InChI is InChI=1S/C18H19N3O5S/c1-11-10-27-17(19-11)7-15(22)20-21-16(23)9-26-18(24)13-6-12-4-2-3-5-14(12)25-8-13/h2-5,10,13H,6-9H2,1H3,(H,20,22)(H,21,23)/t13-/m0/s1. The Morgan fingerprint density at radius 3 is 2.81 bits per heavy atom. The van der Waals surface area contributed by atoms with Crippen molar-refractivity contribution in [1.29, 1.82) is 0 Å². The number of amides is 2. The predicted octanol–water partition coefficient (Wildman–Crippen LogP) is 0.936. The Hall–Kier alpha value is -2.94. The molecule has 1 atom stereocenters. The summed E-state index contributed by atoms with van der Waals surface area (Å²) in [5.74, 6) is -1.23. The van der Waals surface area contributed by atoms with E-state index < -0.39 is 30.3 Å². The number of rotatable bonds is 5. The number of carbonyl (C=O) groups is 3. The van der Waals surface area contributed by atoms with Crippen LogP contribution in [0.5, 0.6) is 5.75 Å². The summed E-state index contributed by atoms with van der Waals surface area (Å²) in [4.78, 5) is 39.8. The summed E-state index contributed by atoms with van der Waals surface area (Å²) in [6, 6.07) is 7.48. The number of hydrazine groups is 1. The van der Waals surface area contributed by atoms with Gasteiger partial charge in [-0.25, -0.2) is 4.98 Å². The van der Waals surface area contributed by atoms with Gasteiger partial charge >= 0.3 is 5.97 Å². The van der Waals surface area contributed by atoms with Crippen molar-refractivity contribution >= 4 is 29.1 Å². The molecule has 0 aliphatic carbocycles. The van der Waals surface area contributed by atoms with E-state index in [-0.39, 0.29) is 13.0 Å². The first kappa shape index (κ1) is 18.8. The van der Waals surface area contributed by atoms with Crippen molar-refractivity contribution in [3.05, 3.63) is 45.9 Å². The highest BCUT2D eigenvalue weighted by Gasteiger charge is 2.27. The van der Waals surface area contributed by atoms with E-state index in [2.05, 4.69) is 15.8 Å².